The summed E-state index contributed by atoms with van der Waals surface area (Å²) in [5.41, 5.74) is 4.38. The zero-order chi connectivity index (χ0) is 24.2. The highest BCUT2D eigenvalue weighted by Gasteiger charge is 2.30. The van der Waals surface area contributed by atoms with Crippen molar-refractivity contribution < 1.29 is 27.5 Å². The van der Waals surface area contributed by atoms with Gasteiger partial charge >= 0.3 is 18.0 Å². The summed E-state index contributed by atoms with van der Waals surface area (Å²) in [5, 5.41) is 5.92. The van der Waals surface area contributed by atoms with Crippen LogP contribution in [0, 0.1) is 13.8 Å². The molecule has 1 heterocycles. The fourth-order valence-electron chi connectivity index (χ4n) is 3.22. The first-order valence-electron chi connectivity index (χ1n) is 9.75. The summed E-state index contributed by atoms with van der Waals surface area (Å²) in [7, 11) is 1.59. The molecular formula is C23H21F3N4O3. The number of amides is 2. The number of anilines is 1. The minimum absolute atomic E-state index is 0.156. The monoisotopic (exact) mass is 458 g/mol. The van der Waals surface area contributed by atoms with Crippen LogP contribution in [0.4, 0.5) is 18.9 Å². The molecule has 0 spiro atoms. The number of aryl methyl sites for hydroxylation is 1. The van der Waals surface area contributed by atoms with Gasteiger partial charge in [0.25, 0.3) is 0 Å². The van der Waals surface area contributed by atoms with E-state index in [1.165, 1.54) is 12.3 Å². The summed E-state index contributed by atoms with van der Waals surface area (Å²) in [6, 6.07) is 13.3. The lowest BCUT2D eigenvalue weighted by molar-refractivity contribution is -0.137. The van der Waals surface area contributed by atoms with E-state index in [9.17, 15) is 22.8 Å². The number of methoxy groups -OCH3 is 1. The van der Waals surface area contributed by atoms with Crippen molar-refractivity contribution in [1.29, 1.82) is 0 Å². The Labute approximate surface area is 187 Å². The van der Waals surface area contributed by atoms with Crippen molar-refractivity contribution in [2.75, 3.05) is 12.4 Å². The highest BCUT2D eigenvalue weighted by molar-refractivity contribution is 6.39. The molecule has 1 aromatic heterocycles. The molecule has 33 heavy (non-hydrogen) atoms. The molecule has 0 bridgehead atoms. The normalized spacial score (nSPS) is 11.5. The number of carbonyl (C=O) groups excluding carboxylic acids is 2. The van der Waals surface area contributed by atoms with Crippen molar-refractivity contribution in [3.8, 4) is 11.4 Å². The van der Waals surface area contributed by atoms with Crippen LogP contribution in [0.3, 0.4) is 0 Å². The molecule has 0 saturated heterocycles. The number of hydrogen-bond donors (Lipinski definition) is 2. The average molecular weight is 458 g/mol. The smallest absolute Gasteiger partial charge is 0.416 e. The minimum Gasteiger partial charge on any atom is -0.497 e. The third-order valence-corrected chi connectivity index (χ3v) is 4.82. The second-order valence-corrected chi connectivity index (χ2v) is 7.09. The molecule has 0 radical (unpaired) electrons. The van der Waals surface area contributed by atoms with Crippen molar-refractivity contribution in [3.05, 3.63) is 77.1 Å². The van der Waals surface area contributed by atoms with Gasteiger partial charge in [-0.25, -0.2) is 5.43 Å². The maximum atomic E-state index is 12.8. The average Bonchev–Trinajstić information content (AvgIpc) is 3.06. The summed E-state index contributed by atoms with van der Waals surface area (Å²) in [6.45, 7) is 3.79. The molecule has 3 rings (SSSR count). The summed E-state index contributed by atoms with van der Waals surface area (Å²) in [4.78, 5) is 24.0. The van der Waals surface area contributed by atoms with Crippen LogP contribution < -0.4 is 15.5 Å². The highest BCUT2D eigenvalue weighted by Crippen LogP contribution is 2.30. The van der Waals surface area contributed by atoms with Gasteiger partial charge in [-0.3, -0.25) is 9.59 Å². The highest BCUT2D eigenvalue weighted by atomic mass is 19.4. The van der Waals surface area contributed by atoms with E-state index in [1.807, 2.05) is 48.7 Å². The lowest BCUT2D eigenvalue weighted by atomic mass is 10.2. The van der Waals surface area contributed by atoms with E-state index in [2.05, 4.69) is 15.8 Å². The quantitative estimate of drug-likeness (QED) is 0.341. The number of halogens is 3. The van der Waals surface area contributed by atoms with E-state index >= 15 is 0 Å². The van der Waals surface area contributed by atoms with Gasteiger partial charge in [0, 0.05) is 28.3 Å². The first kappa shape index (κ1) is 23.6. The van der Waals surface area contributed by atoms with Gasteiger partial charge in [-0.1, -0.05) is 6.07 Å². The zero-order valence-corrected chi connectivity index (χ0v) is 18.0. The molecule has 0 aliphatic rings. The van der Waals surface area contributed by atoms with Gasteiger partial charge in [-0.15, -0.1) is 0 Å². The Balaban J connectivity index is 1.66. The topological polar surface area (TPSA) is 84.7 Å². The van der Waals surface area contributed by atoms with Crippen molar-refractivity contribution in [1.82, 2.24) is 9.99 Å². The Bertz CT molecular complexity index is 1200. The fourth-order valence-corrected chi connectivity index (χ4v) is 3.22. The van der Waals surface area contributed by atoms with Gasteiger partial charge in [-0.2, -0.15) is 18.3 Å². The van der Waals surface area contributed by atoms with E-state index in [0.29, 0.717) is 5.56 Å². The number of nitrogens with zero attached hydrogens (tertiary/aromatic N) is 2. The number of alkyl halides is 3. The van der Waals surface area contributed by atoms with Gasteiger partial charge < -0.3 is 14.6 Å². The van der Waals surface area contributed by atoms with Crippen LogP contribution in [0.5, 0.6) is 5.75 Å². The Kier molecular flexibility index (Phi) is 6.86. The lowest BCUT2D eigenvalue weighted by Crippen LogP contribution is -2.32. The van der Waals surface area contributed by atoms with Gasteiger partial charge in [0.1, 0.15) is 5.75 Å². The summed E-state index contributed by atoms with van der Waals surface area (Å²) >= 11 is 0. The molecule has 0 fully saturated rings. The summed E-state index contributed by atoms with van der Waals surface area (Å²) in [6.07, 6.45) is -3.18. The van der Waals surface area contributed by atoms with Gasteiger partial charge in [-0.05, 0) is 62.4 Å². The molecule has 0 aliphatic heterocycles. The molecule has 172 valence electrons. The SMILES string of the molecule is COc1ccc(-n2c(C)cc(/C=N\NC(=O)C(=O)Nc3cccc(C(F)(F)F)c3)c2C)cc1. The molecule has 0 atom stereocenters. The van der Waals surface area contributed by atoms with Crippen LogP contribution in [-0.4, -0.2) is 29.7 Å². The Morgan fingerprint density at radius 1 is 1.03 bits per heavy atom. The lowest BCUT2D eigenvalue weighted by Gasteiger charge is -2.10. The largest absolute Gasteiger partial charge is 0.497 e. The number of benzene rings is 2. The van der Waals surface area contributed by atoms with Crippen molar-refractivity contribution in [3.63, 3.8) is 0 Å². The van der Waals surface area contributed by atoms with Crippen molar-refractivity contribution in [2.24, 2.45) is 5.10 Å². The van der Waals surface area contributed by atoms with Crippen LogP contribution in [0.15, 0.2) is 59.7 Å². The molecule has 0 unspecified atom stereocenters. The molecule has 2 N–H and O–H groups in total. The Hall–Kier alpha value is -4.08. The molecule has 3 aromatic rings. The summed E-state index contributed by atoms with van der Waals surface area (Å²) in [5.74, 6) is -1.53. The summed E-state index contributed by atoms with van der Waals surface area (Å²) < 4.78 is 45.5. The van der Waals surface area contributed by atoms with Crippen LogP contribution in [0.25, 0.3) is 5.69 Å². The van der Waals surface area contributed by atoms with E-state index < -0.39 is 23.6 Å². The van der Waals surface area contributed by atoms with Gasteiger partial charge in [0.2, 0.25) is 0 Å². The predicted octanol–water partition coefficient (Wildman–Crippen LogP) is 4.21. The zero-order valence-electron chi connectivity index (χ0n) is 18.0. The minimum atomic E-state index is -4.56. The van der Waals surface area contributed by atoms with Crippen LogP contribution >= 0.6 is 0 Å². The number of rotatable bonds is 5. The van der Waals surface area contributed by atoms with Crippen LogP contribution in [-0.2, 0) is 15.8 Å². The molecule has 7 nitrogen and oxygen atoms in total. The van der Waals surface area contributed by atoms with E-state index in [-0.39, 0.29) is 5.69 Å². The van der Waals surface area contributed by atoms with E-state index in [1.54, 1.807) is 7.11 Å². The van der Waals surface area contributed by atoms with Crippen LogP contribution in [0.1, 0.15) is 22.5 Å². The Morgan fingerprint density at radius 3 is 2.36 bits per heavy atom. The number of hydrogen-bond acceptors (Lipinski definition) is 4. The number of ether oxygens (including phenoxy) is 1. The van der Waals surface area contributed by atoms with Crippen molar-refractivity contribution >= 4 is 23.7 Å². The predicted molar refractivity (Wildman–Crippen MR) is 118 cm³/mol. The standard InChI is InChI=1S/C23H21F3N4O3/c1-14-11-16(15(2)30(14)19-7-9-20(33-3)10-8-19)13-27-29-22(32)21(31)28-18-6-4-5-17(12-18)23(24,25)26/h4-13H,1-3H3,(H,28,31)(H,29,32)/b27-13-. The van der Waals surface area contributed by atoms with Gasteiger partial charge in [0.05, 0.1) is 18.9 Å². The second kappa shape index (κ2) is 9.60. The maximum absolute atomic E-state index is 12.8. The molecule has 0 saturated carbocycles. The maximum Gasteiger partial charge on any atom is 0.416 e. The van der Waals surface area contributed by atoms with Crippen molar-refractivity contribution in [2.45, 2.75) is 20.0 Å². The fraction of sp³-hybridized carbons (Fsp3) is 0.174. The molecule has 10 heteroatoms. The number of nitrogens with one attached hydrogen (secondary N) is 2. The number of carbonyl (C=O) groups is 2. The first-order chi connectivity index (χ1) is 15.6. The molecular weight excluding hydrogens is 437 g/mol. The number of aromatic nitrogens is 1. The second-order valence-electron chi connectivity index (χ2n) is 7.09. The number of hydrazone groups is 1. The molecule has 2 amide bonds. The molecule has 0 aliphatic carbocycles. The van der Waals surface area contributed by atoms with E-state index in [4.69, 9.17) is 4.74 Å². The first-order valence-corrected chi connectivity index (χ1v) is 9.75. The van der Waals surface area contributed by atoms with E-state index in [0.717, 1.165) is 41.0 Å². The Morgan fingerprint density at radius 2 is 1.73 bits per heavy atom. The van der Waals surface area contributed by atoms with Gasteiger partial charge in [0.15, 0.2) is 0 Å². The molecule has 2 aromatic carbocycles. The third-order valence-electron chi connectivity index (χ3n) is 4.82. The third kappa shape index (κ3) is 5.59. The van der Waals surface area contributed by atoms with Crippen LogP contribution in [0.2, 0.25) is 0 Å².